The molecular formula is C14H27ClN2. The van der Waals surface area contributed by atoms with Crippen LogP contribution in [0, 0.1) is 0 Å². The molecule has 0 aromatic heterocycles. The predicted octanol–water partition coefficient (Wildman–Crippen LogP) is 2.96. The van der Waals surface area contributed by atoms with Crippen LogP contribution in [0.2, 0.25) is 0 Å². The zero-order chi connectivity index (χ0) is 11.9. The van der Waals surface area contributed by atoms with Crippen molar-refractivity contribution in [3.8, 4) is 0 Å². The van der Waals surface area contributed by atoms with E-state index in [0.29, 0.717) is 0 Å². The minimum Gasteiger partial charge on any atom is -0.303 e. The second-order valence-electron chi connectivity index (χ2n) is 5.57. The first kappa shape index (κ1) is 13.6. The van der Waals surface area contributed by atoms with Gasteiger partial charge >= 0.3 is 0 Å². The summed E-state index contributed by atoms with van der Waals surface area (Å²) in [6.07, 6.45) is 9.50. The molecule has 2 heterocycles. The molecule has 2 rings (SSSR count). The van der Waals surface area contributed by atoms with E-state index in [1.54, 1.807) is 0 Å². The zero-order valence-corrected chi connectivity index (χ0v) is 11.8. The molecule has 0 aromatic carbocycles. The fourth-order valence-electron chi connectivity index (χ4n) is 3.33. The van der Waals surface area contributed by atoms with Gasteiger partial charge in [0.2, 0.25) is 0 Å². The molecule has 2 aliphatic heterocycles. The number of halogens is 1. The van der Waals surface area contributed by atoms with Crippen LogP contribution in [0.15, 0.2) is 0 Å². The molecule has 2 fully saturated rings. The third-order valence-corrected chi connectivity index (χ3v) is 4.56. The minimum atomic E-state index is 0.831. The smallest absolute Gasteiger partial charge is 0.0224 e. The largest absolute Gasteiger partial charge is 0.303 e. The maximum Gasteiger partial charge on any atom is 0.0224 e. The first-order valence-electron chi connectivity index (χ1n) is 7.42. The highest BCUT2D eigenvalue weighted by atomic mass is 35.5. The molecule has 100 valence electrons. The lowest BCUT2D eigenvalue weighted by atomic mass is 10.1. The zero-order valence-electron chi connectivity index (χ0n) is 11.0. The molecule has 1 atom stereocenters. The lowest BCUT2D eigenvalue weighted by Gasteiger charge is -2.25. The average Bonchev–Trinajstić information content (AvgIpc) is 2.98. The summed E-state index contributed by atoms with van der Waals surface area (Å²) in [6, 6.07) is 0.840. The van der Waals surface area contributed by atoms with E-state index in [9.17, 15) is 0 Å². The molecule has 1 unspecified atom stereocenters. The van der Waals surface area contributed by atoms with Crippen LogP contribution in [0.3, 0.4) is 0 Å². The van der Waals surface area contributed by atoms with E-state index in [-0.39, 0.29) is 0 Å². The van der Waals surface area contributed by atoms with Gasteiger partial charge in [0.25, 0.3) is 0 Å². The van der Waals surface area contributed by atoms with Gasteiger partial charge in [0.05, 0.1) is 0 Å². The Bertz CT molecular complexity index is 204. The molecule has 17 heavy (non-hydrogen) atoms. The Hall–Kier alpha value is 0.210. The van der Waals surface area contributed by atoms with Crippen LogP contribution in [-0.2, 0) is 0 Å². The first-order chi connectivity index (χ1) is 8.40. The van der Waals surface area contributed by atoms with Crippen molar-refractivity contribution < 1.29 is 0 Å². The molecule has 0 aromatic rings. The standard InChI is InChI=1S/C14H27ClN2/c15-8-3-6-14-7-4-12-17(14)13-5-11-16-9-1-2-10-16/h14H,1-13H2. The maximum absolute atomic E-state index is 5.79. The van der Waals surface area contributed by atoms with Gasteiger partial charge in [0, 0.05) is 11.9 Å². The fourth-order valence-corrected chi connectivity index (χ4v) is 3.49. The van der Waals surface area contributed by atoms with Gasteiger partial charge in [-0.2, -0.15) is 0 Å². The molecule has 2 saturated heterocycles. The van der Waals surface area contributed by atoms with E-state index in [2.05, 4.69) is 9.80 Å². The number of hydrogen-bond acceptors (Lipinski definition) is 2. The number of alkyl halides is 1. The molecule has 2 nitrogen and oxygen atoms in total. The van der Waals surface area contributed by atoms with Crippen molar-refractivity contribution in [3.63, 3.8) is 0 Å². The van der Waals surface area contributed by atoms with E-state index < -0.39 is 0 Å². The third-order valence-electron chi connectivity index (χ3n) is 4.29. The molecule has 0 aliphatic carbocycles. The van der Waals surface area contributed by atoms with Crippen LogP contribution < -0.4 is 0 Å². The molecule has 3 heteroatoms. The van der Waals surface area contributed by atoms with Gasteiger partial charge < -0.3 is 9.80 Å². The number of nitrogens with zero attached hydrogens (tertiary/aromatic N) is 2. The summed E-state index contributed by atoms with van der Waals surface area (Å²) in [6.45, 7) is 6.64. The summed E-state index contributed by atoms with van der Waals surface area (Å²) in [4.78, 5) is 5.34. The van der Waals surface area contributed by atoms with Crippen molar-refractivity contribution in [2.24, 2.45) is 0 Å². The summed E-state index contributed by atoms with van der Waals surface area (Å²) >= 11 is 5.79. The van der Waals surface area contributed by atoms with Crippen molar-refractivity contribution in [2.45, 2.75) is 51.0 Å². The maximum atomic E-state index is 5.79. The molecule has 0 saturated carbocycles. The Labute approximate surface area is 111 Å². The molecule has 0 spiro atoms. The Kier molecular flexibility index (Phi) is 6.10. The lowest BCUT2D eigenvalue weighted by molar-refractivity contribution is 0.222. The molecule has 2 aliphatic rings. The normalized spacial score (nSPS) is 27.0. The fraction of sp³-hybridized carbons (Fsp3) is 1.00. The van der Waals surface area contributed by atoms with Crippen molar-refractivity contribution in [1.29, 1.82) is 0 Å². The summed E-state index contributed by atoms with van der Waals surface area (Å²) < 4.78 is 0. The van der Waals surface area contributed by atoms with Crippen molar-refractivity contribution in [3.05, 3.63) is 0 Å². The van der Waals surface area contributed by atoms with Crippen LogP contribution in [0.25, 0.3) is 0 Å². The topological polar surface area (TPSA) is 6.48 Å². The summed E-state index contributed by atoms with van der Waals surface area (Å²) in [5, 5.41) is 0. The quantitative estimate of drug-likeness (QED) is 0.648. The molecule has 0 bridgehead atoms. The highest BCUT2D eigenvalue weighted by molar-refractivity contribution is 6.17. The van der Waals surface area contributed by atoms with Gasteiger partial charge in [-0.15, -0.1) is 11.6 Å². The Morgan fingerprint density at radius 2 is 1.76 bits per heavy atom. The van der Waals surface area contributed by atoms with Crippen LogP contribution >= 0.6 is 11.6 Å². The SMILES string of the molecule is ClCCCC1CCCN1CCCN1CCCC1. The van der Waals surface area contributed by atoms with Gasteiger partial charge in [-0.25, -0.2) is 0 Å². The predicted molar refractivity (Wildman–Crippen MR) is 74.8 cm³/mol. The molecule has 0 radical (unpaired) electrons. The molecular weight excluding hydrogens is 232 g/mol. The van der Waals surface area contributed by atoms with Crippen LogP contribution in [-0.4, -0.2) is 54.4 Å². The third kappa shape index (κ3) is 4.42. The van der Waals surface area contributed by atoms with Gasteiger partial charge in [0.15, 0.2) is 0 Å². The number of likely N-dealkylation sites (tertiary alicyclic amines) is 2. The second kappa shape index (κ2) is 7.60. The van der Waals surface area contributed by atoms with Crippen LogP contribution in [0.4, 0.5) is 0 Å². The Morgan fingerprint density at radius 1 is 0.941 bits per heavy atom. The second-order valence-corrected chi connectivity index (χ2v) is 5.94. The minimum absolute atomic E-state index is 0.831. The van der Waals surface area contributed by atoms with E-state index in [1.165, 1.54) is 77.7 Å². The van der Waals surface area contributed by atoms with E-state index in [4.69, 9.17) is 11.6 Å². The van der Waals surface area contributed by atoms with Crippen molar-refractivity contribution in [1.82, 2.24) is 9.80 Å². The van der Waals surface area contributed by atoms with Crippen LogP contribution in [0.5, 0.6) is 0 Å². The monoisotopic (exact) mass is 258 g/mol. The van der Waals surface area contributed by atoms with Gasteiger partial charge in [-0.05, 0) is 77.7 Å². The lowest BCUT2D eigenvalue weighted by Crippen LogP contribution is -2.32. The van der Waals surface area contributed by atoms with Crippen LogP contribution in [0.1, 0.15) is 44.9 Å². The molecule has 0 N–H and O–H groups in total. The number of hydrogen-bond donors (Lipinski definition) is 0. The Balaban J connectivity index is 1.59. The van der Waals surface area contributed by atoms with Gasteiger partial charge in [-0.1, -0.05) is 0 Å². The number of rotatable bonds is 7. The summed E-state index contributed by atoms with van der Waals surface area (Å²) in [5.41, 5.74) is 0. The van der Waals surface area contributed by atoms with E-state index in [0.717, 1.165) is 11.9 Å². The molecule has 0 amide bonds. The average molecular weight is 259 g/mol. The van der Waals surface area contributed by atoms with Crippen molar-refractivity contribution >= 4 is 11.6 Å². The van der Waals surface area contributed by atoms with Crippen molar-refractivity contribution in [2.75, 3.05) is 38.6 Å². The van der Waals surface area contributed by atoms with Gasteiger partial charge in [0.1, 0.15) is 0 Å². The first-order valence-corrected chi connectivity index (χ1v) is 7.96. The highest BCUT2D eigenvalue weighted by Crippen LogP contribution is 2.21. The van der Waals surface area contributed by atoms with E-state index >= 15 is 0 Å². The highest BCUT2D eigenvalue weighted by Gasteiger charge is 2.23. The summed E-state index contributed by atoms with van der Waals surface area (Å²) in [5.74, 6) is 0.831. The van der Waals surface area contributed by atoms with Gasteiger partial charge in [-0.3, -0.25) is 0 Å². The van der Waals surface area contributed by atoms with E-state index in [1.807, 2.05) is 0 Å². The Morgan fingerprint density at radius 3 is 2.53 bits per heavy atom. The summed E-state index contributed by atoms with van der Waals surface area (Å²) in [7, 11) is 0.